The normalized spacial score (nSPS) is 13.1. The Morgan fingerprint density at radius 3 is 2.41 bits per heavy atom. The lowest BCUT2D eigenvalue weighted by Gasteiger charge is -2.10. The lowest BCUT2D eigenvalue weighted by molar-refractivity contribution is 0.0690. The van der Waals surface area contributed by atoms with E-state index in [1.165, 1.54) is 0 Å². The Kier molecular flexibility index (Phi) is 6.07. The summed E-state index contributed by atoms with van der Waals surface area (Å²) in [6.07, 6.45) is 3.70. The fourth-order valence-corrected chi connectivity index (χ4v) is 4.96. The molecule has 0 bridgehead atoms. The van der Waals surface area contributed by atoms with Gasteiger partial charge in [0, 0.05) is 23.1 Å². The van der Waals surface area contributed by atoms with E-state index < -0.39 is 5.97 Å². The molecule has 1 saturated carbocycles. The Morgan fingerprint density at radius 1 is 0.973 bits per heavy atom. The average Bonchev–Trinajstić information content (AvgIpc) is 3.67. The maximum absolute atomic E-state index is 11.2. The molecule has 0 unspecified atom stereocenters. The molecule has 1 aliphatic rings. The summed E-state index contributed by atoms with van der Waals surface area (Å²) >= 11 is 12.9. The molecular formula is C29H20Cl2N2O4. The van der Waals surface area contributed by atoms with Crippen molar-refractivity contribution in [2.24, 2.45) is 0 Å². The quantitative estimate of drug-likeness (QED) is 0.229. The minimum absolute atomic E-state index is 0.0272. The molecule has 8 heteroatoms. The number of aromatic nitrogens is 2. The molecular weight excluding hydrogens is 511 g/mol. The Morgan fingerprint density at radius 2 is 1.70 bits per heavy atom. The summed E-state index contributed by atoms with van der Waals surface area (Å²) in [5.41, 5.74) is 4.16. The molecule has 6 rings (SSSR count). The third kappa shape index (κ3) is 4.66. The number of carboxylic acids is 1. The van der Waals surface area contributed by atoms with Crippen LogP contribution in [-0.4, -0.2) is 21.2 Å². The Labute approximate surface area is 222 Å². The fraction of sp³-hybridized carbons (Fsp3) is 0.138. The standard InChI is InChI=1S/C29H20Cl2N2O4/c30-23-2-1-3-24(31)26(23)27-22(28(37-33-27)17-4-5-17)15-36-21-10-8-16(9-11-21)18-6-7-19-13-25(29(34)35)32-14-20(19)12-18/h1-3,6-14,17H,4-5,15H2,(H,34,35). The van der Waals surface area contributed by atoms with Gasteiger partial charge in [0.2, 0.25) is 0 Å². The van der Waals surface area contributed by atoms with Gasteiger partial charge >= 0.3 is 5.97 Å². The number of carboxylic acid groups (broad SMARTS) is 1. The Hall–Kier alpha value is -3.87. The van der Waals surface area contributed by atoms with Gasteiger partial charge in [0.25, 0.3) is 0 Å². The second-order valence-electron chi connectivity index (χ2n) is 8.99. The van der Waals surface area contributed by atoms with E-state index in [-0.39, 0.29) is 12.3 Å². The molecule has 2 aromatic heterocycles. The van der Waals surface area contributed by atoms with Crippen LogP contribution in [0.4, 0.5) is 0 Å². The molecule has 0 spiro atoms. The number of nitrogens with zero attached hydrogens (tertiary/aromatic N) is 2. The van der Waals surface area contributed by atoms with Gasteiger partial charge in [-0.2, -0.15) is 0 Å². The number of aromatic carboxylic acids is 1. The largest absolute Gasteiger partial charge is 0.489 e. The molecule has 1 N–H and O–H groups in total. The van der Waals surface area contributed by atoms with Gasteiger partial charge in [-0.1, -0.05) is 58.7 Å². The molecule has 5 aromatic rings. The van der Waals surface area contributed by atoms with E-state index in [0.29, 0.717) is 33.0 Å². The second-order valence-corrected chi connectivity index (χ2v) is 9.81. The average molecular weight is 531 g/mol. The van der Waals surface area contributed by atoms with E-state index in [1.807, 2.05) is 42.5 Å². The summed E-state index contributed by atoms with van der Waals surface area (Å²) < 4.78 is 11.9. The van der Waals surface area contributed by atoms with Crippen molar-refractivity contribution >= 4 is 39.9 Å². The monoisotopic (exact) mass is 530 g/mol. The lowest BCUT2D eigenvalue weighted by atomic mass is 10.0. The van der Waals surface area contributed by atoms with Crippen molar-refractivity contribution in [3.05, 3.63) is 100.0 Å². The first-order chi connectivity index (χ1) is 18.0. The van der Waals surface area contributed by atoms with Crippen LogP contribution >= 0.6 is 23.2 Å². The first-order valence-corrected chi connectivity index (χ1v) is 12.5. The zero-order chi connectivity index (χ0) is 25.5. The van der Waals surface area contributed by atoms with Crippen LogP contribution in [0.3, 0.4) is 0 Å². The van der Waals surface area contributed by atoms with Crippen LogP contribution in [0.15, 0.2) is 77.4 Å². The highest BCUT2D eigenvalue weighted by atomic mass is 35.5. The SMILES string of the molecule is O=C(O)c1cc2ccc(-c3ccc(OCc4c(-c5c(Cl)cccc5Cl)noc4C4CC4)cc3)cc2cn1. The van der Waals surface area contributed by atoms with Crippen LogP contribution in [-0.2, 0) is 6.61 Å². The number of hydrogen-bond donors (Lipinski definition) is 1. The molecule has 37 heavy (non-hydrogen) atoms. The van der Waals surface area contributed by atoms with Crippen LogP contribution in [0.1, 0.15) is 40.6 Å². The zero-order valence-corrected chi connectivity index (χ0v) is 21.0. The van der Waals surface area contributed by atoms with Gasteiger partial charge in [0.05, 0.1) is 15.6 Å². The summed E-state index contributed by atoms with van der Waals surface area (Å²) in [7, 11) is 0. The minimum Gasteiger partial charge on any atom is -0.489 e. The third-order valence-corrected chi connectivity index (χ3v) is 7.11. The van der Waals surface area contributed by atoms with Gasteiger partial charge in [-0.15, -0.1) is 0 Å². The molecule has 0 amide bonds. The molecule has 1 aliphatic carbocycles. The number of benzene rings is 3. The number of rotatable bonds is 7. The van der Waals surface area contributed by atoms with Crippen LogP contribution in [0.25, 0.3) is 33.2 Å². The van der Waals surface area contributed by atoms with Gasteiger partial charge < -0.3 is 14.4 Å². The molecule has 2 heterocycles. The molecule has 184 valence electrons. The van der Waals surface area contributed by atoms with Crippen molar-refractivity contribution in [2.75, 3.05) is 0 Å². The molecule has 3 aromatic carbocycles. The highest BCUT2D eigenvalue weighted by Crippen LogP contribution is 2.46. The Bertz CT molecular complexity index is 1620. The van der Waals surface area contributed by atoms with Crippen LogP contribution in [0.2, 0.25) is 10.0 Å². The number of fused-ring (bicyclic) bond motifs is 1. The summed E-state index contributed by atoms with van der Waals surface area (Å²) in [5, 5.41) is 16.2. The van der Waals surface area contributed by atoms with E-state index in [4.69, 9.17) is 37.6 Å². The van der Waals surface area contributed by atoms with Crippen LogP contribution in [0.5, 0.6) is 5.75 Å². The van der Waals surface area contributed by atoms with Crippen molar-refractivity contribution < 1.29 is 19.2 Å². The first-order valence-electron chi connectivity index (χ1n) is 11.8. The number of ether oxygens (including phenoxy) is 1. The highest BCUT2D eigenvalue weighted by Gasteiger charge is 2.33. The smallest absolute Gasteiger partial charge is 0.354 e. The third-order valence-electron chi connectivity index (χ3n) is 6.48. The number of pyridine rings is 1. The first kappa shape index (κ1) is 23.5. The second kappa shape index (κ2) is 9.54. The van der Waals surface area contributed by atoms with E-state index in [2.05, 4.69) is 10.1 Å². The molecule has 0 saturated heterocycles. The summed E-state index contributed by atoms with van der Waals surface area (Å²) in [5.74, 6) is 0.839. The van der Waals surface area contributed by atoms with E-state index >= 15 is 0 Å². The van der Waals surface area contributed by atoms with Gasteiger partial charge in [-0.3, -0.25) is 0 Å². The van der Waals surface area contributed by atoms with Gasteiger partial charge in [0.1, 0.15) is 29.5 Å². The van der Waals surface area contributed by atoms with Gasteiger partial charge in [-0.05, 0) is 65.8 Å². The van der Waals surface area contributed by atoms with Crippen molar-refractivity contribution in [1.82, 2.24) is 10.1 Å². The lowest BCUT2D eigenvalue weighted by Crippen LogP contribution is -2.00. The molecule has 0 atom stereocenters. The van der Waals surface area contributed by atoms with Gasteiger partial charge in [0.15, 0.2) is 0 Å². The minimum atomic E-state index is -1.04. The zero-order valence-electron chi connectivity index (χ0n) is 19.4. The maximum Gasteiger partial charge on any atom is 0.354 e. The molecule has 6 nitrogen and oxygen atoms in total. The van der Waals surface area contributed by atoms with Crippen molar-refractivity contribution in [2.45, 2.75) is 25.4 Å². The summed E-state index contributed by atoms with van der Waals surface area (Å²) in [6, 6.07) is 20.6. The maximum atomic E-state index is 11.2. The summed E-state index contributed by atoms with van der Waals surface area (Å²) in [4.78, 5) is 15.2. The van der Waals surface area contributed by atoms with Crippen LogP contribution in [0, 0.1) is 0 Å². The topological polar surface area (TPSA) is 85.5 Å². The van der Waals surface area contributed by atoms with Crippen molar-refractivity contribution in [3.63, 3.8) is 0 Å². The number of carbonyl (C=O) groups is 1. The van der Waals surface area contributed by atoms with E-state index in [9.17, 15) is 4.79 Å². The van der Waals surface area contributed by atoms with Crippen molar-refractivity contribution in [3.8, 4) is 28.1 Å². The van der Waals surface area contributed by atoms with E-state index in [0.717, 1.165) is 46.1 Å². The fourth-order valence-electron chi connectivity index (χ4n) is 4.39. The van der Waals surface area contributed by atoms with Crippen molar-refractivity contribution in [1.29, 1.82) is 0 Å². The number of halogens is 2. The van der Waals surface area contributed by atoms with E-state index in [1.54, 1.807) is 30.5 Å². The summed E-state index contributed by atoms with van der Waals surface area (Å²) in [6.45, 7) is 0.277. The predicted octanol–water partition coefficient (Wildman–Crippen LogP) is 8.02. The molecule has 0 aliphatic heterocycles. The molecule has 1 fully saturated rings. The number of hydrogen-bond acceptors (Lipinski definition) is 5. The van der Waals surface area contributed by atoms with Crippen LogP contribution < -0.4 is 4.74 Å². The molecule has 0 radical (unpaired) electrons. The predicted molar refractivity (Wildman–Crippen MR) is 142 cm³/mol. The Balaban J connectivity index is 1.24. The highest BCUT2D eigenvalue weighted by molar-refractivity contribution is 6.39. The van der Waals surface area contributed by atoms with Gasteiger partial charge in [-0.25, -0.2) is 9.78 Å².